The van der Waals surface area contributed by atoms with E-state index in [1.165, 1.54) is 0 Å². The third kappa shape index (κ3) is 1.64. The molecular formula is C14H14N4OS. The number of hydrogen-bond acceptors (Lipinski definition) is 5. The number of allylic oxidation sites excluding steroid dienone is 1. The van der Waals surface area contributed by atoms with E-state index in [1.54, 1.807) is 17.5 Å². The van der Waals surface area contributed by atoms with Crippen LogP contribution in [-0.2, 0) is 4.79 Å². The maximum atomic E-state index is 12.1. The summed E-state index contributed by atoms with van der Waals surface area (Å²) in [5.74, 6) is 0.115. The van der Waals surface area contributed by atoms with Gasteiger partial charge in [-0.15, -0.1) is 0 Å². The molecule has 4 heterocycles. The molecule has 1 N–H and O–H groups in total. The molecule has 2 aliphatic heterocycles. The molecule has 0 saturated carbocycles. The molecule has 2 aliphatic rings. The first-order valence-corrected chi connectivity index (χ1v) is 7.44. The van der Waals surface area contributed by atoms with Crippen LogP contribution in [0.5, 0.6) is 0 Å². The highest BCUT2D eigenvalue weighted by atomic mass is 32.1. The number of anilines is 1. The van der Waals surface area contributed by atoms with Crippen molar-refractivity contribution in [1.82, 2.24) is 15.3 Å². The average Bonchev–Trinajstić information content (AvgIpc) is 3.08. The minimum absolute atomic E-state index is 0.115. The van der Waals surface area contributed by atoms with Crippen molar-refractivity contribution in [2.75, 3.05) is 18.0 Å². The van der Waals surface area contributed by atoms with Gasteiger partial charge in [0.1, 0.15) is 0 Å². The molecule has 20 heavy (non-hydrogen) atoms. The second-order valence-electron chi connectivity index (χ2n) is 5.51. The summed E-state index contributed by atoms with van der Waals surface area (Å²) >= 11 is 1.64. The predicted molar refractivity (Wildman–Crippen MR) is 78.6 cm³/mol. The number of nitrogens with zero attached hydrogens (tertiary/aromatic N) is 3. The minimum Gasteiger partial charge on any atom is -0.347 e. The highest BCUT2D eigenvalue weighted by Gasteiger charge is 2.49. The van der Waals surface area contributed by atoms with Crippen LogP contribution in [0.3, 0.4) is 0 Å². The molecule has 0 aliphatic carbocycles. The van der Waals surface area contributed by atoms with Crippen molar-refractivity contribution < 1.29 is 4.79 Å². The summed E-state index contributed by atoms with van der Waals surface area (Å²) in [5, 5.41) is 3.82. The molecule has 2 saturated heterocycles. The number of rotatable bonds is 1. The predicted octanol–water partition coefficient (Wildman–Crippen LogP) is 1.92. The molecule has 102 valence electrons. The van der Waals surface area contributed by atoms with Gasteiger partial charge in [-0.1, -0.05) is 17.9 Å². The second-order valence-corrected chi connectivity index (χ2v) is 6.52. The summed E-state index contributed by atoms with van der Waals surface area (Å²) in [6.45, 7) is 5.46. The Labute approximate surface area is 120 Å². The van der Waals surface area contributed by atoms with Gasteiger partial charge in [-0.05, 0) is 18.6 Å². The zero-order chi connectivity index (χ0) is 13.7. The molecule has 2 aromatic rings. The number of carbonyl (C=O) groups is 1. The monoisotopic (exact) mass is 286 g/mol. The lowest BCUT2D eigenvalue weighted by Crippen LogP contribution is -2.34. The van der Waals surface area contributed by atoms with Crippen molar-refractivity contribution in [3.63, 3.8) is 0 Å². The molecule has 2 aromatic heterocycles. The number of nitrogens with one attached hydrogen (secondary N) is 1. The third-order valence-electron chi connectivity index (χ3n) is 4.10. The van der Waals surface area contributed by atoms with Gasteiger partial charge < -0.3 is 10.2 Å². The lowest BCUT2D eigenvalue weighted by atomic mass is 9.85. The number of amides is 1. The van der Waals surface area contributed by atoms with Crippen molar-refractivity contribution in [3.8, 4) is 0 Å². The van der Waals surface area contributed by atoms with Crippen molar-refractivity contribution in [2.24, 2.45) is 5.41 Å². The van der Waals surface area contributed by atoms with Gasteiger partial charge in [-0.2, -0.15) is 4.98 Å². The first-order valence-electron chi connectivity index (χ1n) is 6.62. The molecule has 0 bridgehead atoms. The van der Waals surface area contributed by atoms with Crippen LogP contribution < -0.4 is 10.2 Å². The van der Waals surface area contributed by atoms with E-state index in [1.807, 2.05) is 12.1 Å². The van der Waals surface area contributed by atoms with Gasteiger partial charge in [0.25, 0.3) is 0 Å². The van der Waals surface area contributed by atoms with E-state index in [-0.39, 0.29) is 11.3 Å². The summed E-state index contributed by atoms with van der Waals surface area (Å²) in [4.78, 5) is 23.2. The summed E-state index contributed by atoms with van der Waals surface area (Å²) in [6.07, 6.45) is 3.36. The number of fused-ring (bicyclic) bond motifs is 1. The van der Waals surface area contributed by atoms with Crippen LogP contribution in [0.25, 0.3) is 10.3 Å². The fourth-order valence-corrected chi connectivity index (χ4v) is 4.03. The third-order valence-corrected chi connectivity index (χ3v) is 5.17. The van der Waals surface area contributed by atoms with Crippen molar-refractivity contribution in [2.45, 2.75) is 12.8 Å². The Morgan fingerprint density at radius 3 is 3.15 bits per heavy atom. The van der Waals surface area contributed by atoms with Gasteiger partial charge >= 0.3 is 0 Å². The number of hydrogen-bond donors (Lipinski definition) is 1. The Kier molecular flexibility index (Phi) is 2.38. The Morgan fingerprint density at radius 1 is 1.50 bits per heavy atom. The molecule has 6 heteroatoms. The molecule has 1 amide bonds. The molecule has 1 unspecified atom stereocenters. The van der Waals surface area contributed by atoms with Crippen LogP contribution in [0.1, 0.15) is 12.8 Å². The van der Waals surface area contributed by atoms with Crippen LogP contribution in [0, 0.1) is 5.41 Å². The summed E-state index contributed by atoms with van der Waals surface area (Å²) in [7, 11) is 0. The summed E-state index contributed by atoms with van der Waals surface area (Å²) in [5.41, 5.74) is 1.32. The first kappa shape index (κ1) is 11.8. The molecule has 2 fully saturated rings. The van der Waals surface area contributed by atoms with E-state index in [9.17, 15) is 4.79 Å². The van der Waals surface area contributed by atoms with Gasteiger partial charge in [-0.3, -0.25) is 4.79 Å². The van der Waals surface area contributed by atoms with Crippen LogP contribution in [0.15, 0.2) is 30.6 Å². The number of pyridine rings is 1. The molecule has 1 spiro atoms. The molecule has 4 rings (SSSR count). The van der Waals surface area contributed by atoms with E-state index in [2.05, 4.69) is 26.8 Å². The normalized spacial score (nSPS) is 25.9. The van der Waals surface area contributed by atoms with Gasteiger partial charge in [0.05, 0.1) is 10.1 Å². The lowest BCUT2D eigenvalue weighted by Gasteiger charge is -2.19. The topological polar surface area (TPSA) is 58.1 Å². The van der Waals surface area contributed by atoms with Gasteiger partial charge in [0.2, 0.25) is 5.91 Å². The van der Waals surface area contributed by atoms with Gasteiger partial charge in [0, 0.05) is 31.4 Å². The molecule has 0 radical (unpaired) electrons. The fourth-order valence-electron chi connectivity index (χ4n) is 3.08. The second kappa shape index (κ2) is 4.02. The largest absolute Gasteiger partial charge is 0.347 e. The first-order chi connectivity index (χ1) is 9.66. The maximum absolute atomic E-state index is 12.1. The van der Waals surface area contributed by atoms with E-state index in [4.69, 9.17) is 0 Å². The van der Waals surface area contributed by atoms with Crippen LogP contribution in [0.4, 0.5) is 5.13 Å². The lowest BCUT2D eigenvalue weighted by molar-refractivity contribution is -0.126. The Balaban J connectivity index is 1.65. The van der Waals surface area contributed by atoms with E-state index in [0.717, 1.165) is 47.1 Å². The maximum Gasteiger partial charge on any atom is 0.232 e. The summed E-state index contributed by atoms with van der Waals surface area (Å²) in [6, 6.07) is 3.95. The van der Waals surface area contributed by atoms with Crippen LogP contribution in [-0.4, -0.2) is 29.0 Å². The summed E-state index contributed by atoms with van der Waals surface area (Å²) < 4.78 is 1.09. The van der Waals surface area contributed by atoms with E-state index in [0.29, 0.717) is 0 Å². The number of thiazole rings is 1. The smallest absolute Gasteiger partial charge is 0.232 e. The highest BCUT2D eigenvalue weighted by molar-refractivity contribution is 7.22. The Morgan fingerprint density at radius 2 is 2.40 bits per heavy atom. The fraction of sp³-hybridized carbons (Fsp3) is 0.357. The van der Waals surface area contributed by atoms with E-state index >= 15 is 0 Å². The van der Waals surface area contributed by atoms with Crippen molar-refractivity contribution >= 4 is 32.7 Å². The highest BCUT2D eigenvalue weighted by Crippen LogP contribution is 2.43. The molecule has 1 atom stereocenters. The Bertz CT molecular complexity index is 692. The minimum atomic E-state index is -0.303. The molecule has 0 aromatic carbocycles. The number of carbonyl (C=O) groups excluding carboxylic acids is 1. The van der Waals surface area contributed by atoms with Crippen LogP contribution in [0.2, 0.25) is 0 Å². The standard InChI is InChI=1S/C14H14N4OS/c1-9-7-14(12(19)16-9)4-6-18(8-14)13-17-11-10(20-13)3-2-5-15-11/h2-3,5H,1,4,6-8H2,(H,16,19). The van der Waals surface area contributed by atoms with Gasteiger partial charge in [0.15, 0.2) is 10.8 Å². The molecule has 5 nitrogen and oxygen atoms in total. The zero-order valence-electron chi connectivity index (χ0n) is 10.9. The quantitative estimate of drug-likeness (QED) is 0.870. The van der Waals surface area contributed by atoms with Gasteiger partial charge in [-0.25, -0.2) is 4.98 Å². The number of aromatic nitrogens is 2. The SMILES string of the molecule is C=C1CC2(CCN(c3nc4ncccc4s3)C2)C(=O)N1. The Hall–Kier alpha value is -1.95. The van der Waals surface area contributed by atoms with Crippen molar-refractivity contribution in [1.29, 1.82) is 0 Å². The van der Waals surface area contributed by atoms with Crippen molar-refractivity contribution in [3.05, 3.63) is 30.6 Å². The average molecular weight is 286 g/mol. The van der Waals surface area contributed by atoms with E-state index < -0.39 is 0 Å². The zero-order valence-corrected chi connectivity index (χ0v) is 11.7. The molecular weight excluding hydrogens is 272 g/mol. The van der Waals surface area contributed by atoms with Crippen LogP contribution >= 0.6 is 11.3 Å².